The molecular formula is C32H48O2. The van der Waals surface area contributed by atoms with Crippen molar-refractivity contribution in [2.75, 3.05) is 0 Å². The molecule has 2 heteroatoms. The molecule has 0 saturated carbocycles. The van der Waals surface area contributed by atoms with Gasteiger partial charge in [-0.05, 0) is 67.6 Å². The van der Waals surface area contributed by atoms with Gasteiger partial charge in [0, 0.05) is 6.42 Å². The first-order valence-corrected chi connectivity index (χ1v) is 13.4. The monoisotopic (exact) mass is 464 g/mol. The molecule has 34 heavy (non-hydrogen) atoms. The topological polar surface area (TPSA) is 26.3 Å². The minimum atomic E-state index is -0.167. The molecule has 1 aromatic carbocycles. The van der Waals surface area contributed by atoms with E-state index in [0.717, 1.165) is 24.8 Å². The summed E-state index contributed by atoms with van der Waals surface area (Å²) in [6.07, 6.45) is 28.1. The highest BCUT2D eigenvalue weighted by atomic mass is 16.5. The first-order valence-electron chi connectivity index (χ1n) is 13.4. The highest BCUT2D eigenvalue weighted by molar-refractivity contribution is 5.73. The second-order valence-electron chi connectivity index (χ2n) is 9.56. The smallest absolute Gasteiger partial charge is 0.311 e. The molecule has 0 heterocycles. The number of carbonyl (C=O) groups is 1. The molecule has 0 radical (unpaired) electrons. The van der Waals surface area contributed by atoms with Gasteiger partial charge in [-0.15, -0.1) is 0 Å². The number of allylic oxidation sites excluding steroid dienone is 8. The van der Waals surface area contributed by atoms with Crippen molar-refractivity contribution in [3.8, 4) is 5.75 Å². The number of benzene rings is 1. The van der Waals surface area contributed by atoms with Crippen molar-refractivity contribution in [1.82, 2.24) is 0 Å². The van der Waals surface area contributed by atoms with E-state index in [1.165, 1.54) is 37.7 Å². The molecule has 0 aliphatic rings. The zero-order chi connectivity index (χ0) is 25.0. The van der Waals surface area contributed by atoms with Crippen molar-refractivity contribution in [2.24, 2.45) is 0 Å². The van der Waals surface area contributed by atoms with Crippen LogP contribution >= 0.6 is 0 Å². The van der Waals surface area contributed by atoms with Gasteiger partial charge in [0.1, 0.15) is 5.75 Å². The summed E-state index contributed by atoms with van der Waals surface area (Å²) < 4.78 is 5.67. The van der Waals surface area contributed by atoms with Gasteiger partial charge < -0.3 is 4.74 Å². The molecule has 0 bridgehead atoms. The molecule has 0 N–H and O–H groups in total. The van der Waals surface area contributed by atoms with Crippen LogP contribution in [0.15, 0.2) is 66.8 Å². The Morgan fingerprint density at radius 1 is 0.765 bits per heavy atom. The average molecular weight is 465 g/mol. The quantitative estimate of drug-likeness (QED) is 0.0992. The van der Waals surface area contributed by atoms with Crippen LogP contribution in [0.5, 0.6) is 5.75 Å². The van der Waals surface area contributed by atoms with Crippen molar-refractivity contribution in [3.63, 3.8) is 0 Å². The highest BCUT2D eigenvalue weighted by Crippen LogP contribution is 2.30. The van der Waals surface area contributed by atoms with Gasteiger partial charge in [0.05, 0.1) is 0 Å². The molecule has 1 aromatic rings. The largest absolute Gasteiger partial charge is 0.426 e. The summed E-state index contributed by atoms with van der Waals surface area (Å²) in [6, 6.07) is 6.18. The molecule has 0 aliphatic heterocycles. The summed E-state index contributed by atoms with van der Waals surface area (Å²) in [7, 11) is 0. The number of unbranched alkanes of at least 4 members (excludes halogenated alkanes) is 4. The normalized spacial score (nSPS) is 12.4. The first kappa shape index (κ1) is 29.7. The summed E-state index contributed by atoms with van der Waals surface area (Å²) in [5.74, 6) is 1.32. The van der Waals surface area contributed by atoms with Crippen LogP contribution in [0.2, 0.25) is 0 Å². The van der Waals surface area contributed by atoms with E-state index in [2.05, 4.69) is 95.4 Å². The Balaban J connectivity index is 2.21. The van der Waals surface area contributed by atoms with Crippen LogP contribution in [0.3, 0.4) is 0 Å². The van der Waals surface area contributed by atoms with Crippen molar-refractivity contribution in [3.05, 3.63) is 77.9 Å². The Morgan fingerprint density at radius 3 is 1.91 bits per heavy atom. The first-order chi connectivity index (χ1) is 16.5. The van der Waals surface area contributed by atoms with Crippen LogP contribution in [0.1, 0.15) is 122 Å². The predicted molar refractivity (Wildman–Crippen MR) is 149 cm³/mol. The molecule has 0 spiro atoms. The predicted octanol–water partition coefficient (Wildman–Crippen LogP) is 9.98. The van der Waals surface area contributed by atoms with E-state index in [1.807, 2.05) is 6.07 Å². The molecule has 0 aliphatic carbocycles. The summed E-state index contributed by atoms with van der Waals surface area (Å²) >= 11 is 0. The van der Waals surface area contributed by atoms with Gasteiger partial charge in [0.2, 0.25) is 0 Å². The Labute approximate surface area is 209 Å². The lowest BCUT2D eigenvalue weighted by molar-refractivity contribution is -0.134. The Kier molecular flexibility index (Phi) is 16.6. The number of ether oxygens (including phenoxy) is 1. The molecule has 0 amide bonds. The summed E-state index contributed by atoms with van der Waals surface area (Å²) in [6.45, 7) is 10.9. The maximum atomic E-state index is 12.3. The molecule has 0 fully saturated rings. The van der Waals surface area contributed by atoms with Gasteiger partial charge in [-0.25, -0.2) is 0 Å². The van der Waals surface area contributed by atoms with Gasteiger partial charge >= 0.3 is 5.97 Å². The van der Waals surface area contributed by atoms with Crippen LogP contribution in [0.4, 0.5) is 0 Å². The molecule has 0 atom stereocenters. The third-order valence-electron chi connectivity index (χ3n) is 5.77. The van der Waals surface area contributed by atoms with Gasteiger partial charge in [-0.1, -0.05) is 115 Å². The minimum absolute atomic E-state index is 0.167. The Morgan fingerprint density at radius 2 is 1.35 bits per heavy atom. The molecule has 0 saturated heterocycles. The van der Waals surface area contributed by atoms with Gasteiger partial charge in [0.15, 0.2) is 0 Å². The molecule has 2 nitrogen and oxygen atoms in total. The zero-order valence-corrected chi connectivity index (χ0v) is 22.4. The number of rotatable bonds is 17. The van der Waals surface area contributed by atoms with E-state index >= 15 is 0 Å². The SMILES string of the molecule is CCCCCC/C=C\C/C=C\C/C=C\C/C=C\CCC(=O)Oc1ccc(C(C)C)cc1C(C)C. The zero-order valence-electron chi connectivity index (χ0n) is 22.4. The highest BCUT2D eigenvalue weighted by Gasteiger charge is 2.13. The van der Waals surface area contributed by atoms with E-state index < -0.39 is 0 Å². The summed E-state index contributed by atoms with van der Waals surface area (Å²) in [5.41, 5.74) is 2.38. The number of hydrogen-bond donors (Lipinski definition) is 0. The standard InChI is InChI=1S/C32H48O2/c1-6-7-8-9-10-11-12-13-14-15-16-17-18-19-20-21-22-23-32(33)34-31-25-24-29(27(2)3)26-30(31)28(4)5/h11-12,14-15,17-18,20-21,24-28H,6-10,13,16,19,22-23H2,1-5H3/b12-11-,15-14-,18-17-,21-20-. The van der Waals surface area contributed by atoms with Crippen LogP contribution in [-0.2, 0) is 4.79 Å². The van der Waals surface area contributed by atoms with Crippen molar-refractivity contribution in [1.29, 1.82) is 0 Å². The third-order valence-corrected chi connectivity index (χ3v) is 5.77. The number of carbonyl (C=O) groups excluding carboxylic acids is 1. The fraction of sp³-hybridized carbons (Fsp3) is 0.531. The average Bonchev–Trinajstić information content (AvgIpc) is 2.81. The fourth-order valence-corrected chi connectivity index (χ4v) is 3.58. The summed E-state index contributed by atoms with van der Waals surface area (Å²) in [4.78, 5) is 12.3. The van der Waals surface area contributed by atoms with Crippen molar-refractivity contribution < 1.29 is 9.53 Å². The minimum Gasteiger partial charge on any atom is -0.426 e. The van der Waals surface area contributed by atoms with E-state index in [9.17, 15) is 4.79 Å². The van der Waals surface area contributed by atoms with E-state index in [1.54, 1.807) is 0 Å². The van der Waals surface area contributed by atoms with Gasteiger partial charge in [-0.3, -0.25) is 4.79 Å². The van der Waals surface area contributed by atoms with Crippen LogP contribution in [-0.4, -0.2) is 5.97 Å². The van der Waals surface area contributed by atoms with E-state index in [-0.39, 0.29) is 5.97 Å². The molecule has 0 unspecified atom stereocenters. The van der Waals surface area contributed by atoms with Gasteiger partial charge in [-0.2, -0.15) is 0 Å². The second kappa shape index (κ2) is 19.0. The van der Waals surface area contributed by atoms with Gasteiger partial charge in [0.25, 0.3) is 0 Å². The number of hydrogen-bond acceptors (Lipinski definition) is 2. The van der Waals surface area contributed by atoms with Crippen LogP contribution < -0.4 is 4.74 Å². The number of esters is 1. The molecule has 1 rings (SSSR count). The fourth-order valence-electron chi connectivity index (χ4n) is 3.58. The lowest BCUT2D eigenvalue weighted by Crippen LogP contribution is -2.09. The van der Waals surface area contributed by atoms with Crippen LogP contribution in [0, 0.1) is 0 Å². The van der Waals surface area contributed by atoms with E-state index in [4.69, 9.17) is 4.74 Å². The lowest BCUT2D eigenvalue weighted by Gasteiger charge is -2.16. The van der Waals surface area contributed by atoms with Crippen molar-refractivity contribution >= 4 is 5.97 Å². The van der Waals surface area contributed by atoms with E-state index in [0.29, 0.717) is 30.4 Å². The second-order valence-corrected chi connectivity index (χ2v) is 9.56. The van der Waals surface area contributed by atoms with Crippen LogP contribution in [0.25, 0.3) is 0 Å². The Hall–Kier alpha value is -2.35. The molecular weight excluding hydrogens is 416 g/mol. The van der Waals surface area contributed by atoms with Crippen molar-refractivity contribution in [2.45, 2.75) is 111 Å². The Bertz CT molecular complexity index is 793. The maximum Gasteiger partial charge on any atom is 0.311 e. The lowest BCUT2D eigenvalue weighted by atomic mass is 9.95. The maximum absolute atomic E-state index is 12.3. The molecule has 188 valence electrons. The third kappa shape index (κ3) is 14.0. The molecule has 0 aromatic heterocycles. The summed E-state index contributed by atoms with van der Waals surface area (Å²) in [5, 5.41) is 0.